The molecule has 0 bridgehead atoms. The lowest BCUT2D eigenvalue weighted by atomic mass is 10.4. The first kappa shape index (κ1) is 8.74. The van der Waals surface area contributed by atoms with Gasteiger partial charge in [-0.2, -0.15) is 0 Å². The predicted octanol–water partition coefficient (Wildman–Crippen LogP) is 1.17. The van der Waals surface area contributed by atoms with E-state index < -0.39 is 0 Å². The van der Waals surface area contributed by atoms with Crippen LogP contribution in [0.4, 0.5) is 0 Å². The van der Waals surface area contributed by atoms with E-state index in [0.29, 0.717) is 13.0 Å². The number of hydrogen-bond acceptors (Lipinski definition) is 3. The maximum atomic E-state index is 11.3. The summed E-state index contributed by atoms with van der Waals surface area (Å²) in [6, 6.07) is 0. The van der Waals surface area contributed by atoms with Gasteiger partial charge in [0.1, 0.15) is 6.26 Å². The zero-order valence-electron chi connectivity index (χ0n) is 6.94. The number of amides is 1. The second-order valence-corrected chi connectivity index (χ2v) is 4.35. The molecule has 1 amide bonds. The van der Waals surface area contributed by atoms with Gasteiger partial charge in [-0.25, -0.2) is 4.98 Å². The molecule has 70 valence electrons. The Hall–Kier alpha value is -0.840. The lowest BCUT2D eigenvalue weighted by Crippen LogP contribution is -2.24. The van der Waals surface area contributed by atoms with E-state index in [1.54, 1.807) is 11.2 Å². The molecule has 1 fully saturated rings. The van der Waals surface area contributed by atoms with Gasteiger partial charge >= 0.3 is 0 Å². The second kappa shape index (κ2) is 3.49. The molecule has 5 heteroatoms. The van der Waals surface area contributed by atoms with Crippen molar-refractivity contribution in [3.8, 4) is 0 Å². The van der Waals surface area contributed by atoms with Crippen LogP contribution < -0.4 is 0 Å². The van der Waals surface area contributed by atoms with Gasteiger partial charge < -0.3 is 9.32 Å². The first-order valence-electron chi connectivity index (χ1n) is 4.04. The molecule has 1 aliphatic rings. The molecule has 1 aromatic rings. The fourth-order valence-corrected chi connectivity index (χ4v) is 2.01. The molecule has 1 saturated heterocycles. The van der Waals surface area contributed by atoms with E-state index in [9.17, 15) is 4.79 Å². The first-order chi connectivity index (χ1) is 6.25. The summed E-state index contributed by atoms with van der Waals surface area (Å²) in [6.07, 6.45) is 3.52. The van der Waals surface area contributed by atoms with Crippen LogP contribution in [-0.4, -0.2) is 27.2 Å². The Labute approximate surface area is 84.1 Å². The smallest absolute Gasteiger partial charge is 0.224 e. The molecular formula is C8H9BrN2O2. The van der Waals surface area contributed by atoms with Gasteiger partial charge in [0.25, 0.3) is 0 Å². The quantitative estimate of drug-likeness (QED) is 0.735. The summed E-state index contributed by atoms with van der Waals surface area (Å²) in [7, 11) is 0. The number of alkyl halides is 1. The number of nitrogens with zero attached hydrogens (tertiary/aromatic N) is 2. The second-order valence-electron chi connectivity index (χ2n) is 3.06. The summed E-state index contributed by atoms with van der Waals surface area (Å²) >= 11 is 3.42. The maximum Gasteiger partial charge on any atom is 0.224 e. The van der Waals surface area contributed by atoms with Gasteiger partial charge in [0, 0.05) is 17.8 Å². The summed E-state index contributed by atoms with van der Waals surface area (Å²) in [5, 5.41) is 0. The van der Waals surface area contributed by atoms with Gasteiger partial charge in [-0.3, -0.25) is 4.79 Å². The first-order valence-corrected chi connectivity index (χ1v) is 4.96. The van der Waals surface area contributed by atoms with Gasteiger partial charge in [0.2, 0.25) is 5.91 Å². The molecule has 13 heavy (non-hydrogen) atoms. The molecule has 0 spiro atoms. The number of rotatable bonds is 2. The standard InChI is InChI=1S/C8H9BrN2O2/c9-6-1-8(12)11(2-6)3-7-4-13-5-10-7/h4-6H,1-3H2. The average Bonchev–Trinajstić information content (AvgIpc) is 2.63. The Morgan fingerprint density at radius 3 is 3.15 bits per heavy atom. The molecule has 0 aliphatic carbocycles. The van der Waals surface area contributed by atoms with Crippen LogP contribution in [0.15, 0.2) is 17.1 Å². The van der Waals surface area contributed by atoms with Crippen molar-refractivity contribution in [2.75, 3.05) is 6.54 Å². The van der Waals surface area contributed by atoms with E-state index in [4.69, 9.17) is 4.42 Å². The van der Waals surface area contributed by atoms with Crippen molar-refractivity contribution in [3.05, 3.63) is 18.4 Å². The van der Waals surface area contributed by atoms with E-state index in [0.717, 1.165) is 12.2 Å². The minimum Gasteiger partial charge on any atom is -0.451 e. The lowest BCUT2D eigenvalue weighted by molar-refractivity contribution is -0.128. The molecule has 4 nitrogen and oxygen atoms in total. The number of hydrogen-bond donors (Lipinski definition) is 0. The minimum absolute atomic E-state index is 0.171. The number of likely N-dealkylation sites (tertiary alicyclic amines) is 1. The van der Waals surface area contributed by atoms with Crippen molar-refractivity contribution in [1.29, 1.82) is 0 Å². The zero-order valence-corrected chi connectivity index (χ0v) is 8.53. The van der Waals surface area contributed by atoms with E-state index in [2.05, 4.69) is 20.9 Å². The summed E-state index contributed by atoms with van der Waals surface area (Å²) in [4.78, 5) is 17.4. The van der Waals surface area contributed by atoms with Crippen molar-refractivity contribution in [1.82, 2.24) is 9.88 Å². The Morgan fingerprint density at radius 1 is 1.77 bits per heavy atom. The van der Waals surface area contributed by atoms with Crippen LogP contribution in [0.1, 0.15) is 12.1 Å². The molecule has 1 atom stereocenters. The monoisotopic (exact) mass is 244 g/mol. The highest BCUT2D eigenvalue weighted by Gasteiger charge is 2.27. The molecular weight excluding hydrogens is 236 g/mol. The summed E-state index contributed by atoms with van der Waals surface area (Å²) < 4.78 is 4.83. The fraction of sp³-hybridized carbons (Fsp3) is 0.500. The number of halogens is 1. The highest BCUT2D eigenvalue weighted by atomic mass is 79.9. The SMILES string of the molecule is O=C1CC(Br)CN1Cc1cocn1. The lowest BCUT2D eigenvalue weighted by Gasteiger charge is -2.12. The predicted molar refractivity (Wildman–Crippen MR) is 49.3 cm³/mol. The number of carbonyl (C=O) groups excluding carboxylic acids is 1. The normalized spacial score (nSPS) is 22.7. The highest BCUT2D eigenvalue weighted by Crippen LogP contribution is 2.19. The van der Waals surface area contributed by atoms with Crippen LogP contribution in [0.5, 0.6) is 0 Å². The molecule has 2 rings (SSSR count). The van der Waals surface area contributed by atoms with E-state index in [1.807, 2.05) is 0 Å². The minimum atomic E-state index is 0.171. The van der Waals surface area contributed by atoms with Crippen LogP contribution in [0.25, 0.3) is 0 Å². The van der Waals surface area contributed by atoms with Crippen LogP contribution in [0.2, 0.25) is 0 Å². The largest absolute Gasteiger partial charge is 0.451 e. The van der Waals surface area contributed by atoms with Crippen molar-refractivity contribution in [2.24, 2.45) is 0 Å². The summed E-state index contributed by atoms with van der Waals surface area (Å²) in [5.74, 6) is 0.171. The third kappa shape index (κ3) is 1.91. The fourth-order valence-electron chi connectivity index (χ4n) is 1.39. The molecule has 2 heterocycles. The zero-order chi connectivity index (χ0) is 9.26. The Kier molecular flexibility index (Phi) is 2.35. The molecule has 0 aromatic carbocycles. The van der Waals surface area contributed by atoms with Crippen molar-refractivity contribution >= 4 is 21.8 Å². The number of carbonyl (C=O) groups is 1. The topological polar surface area (TPSA) is 46.3 Å². The summed E-state index contributed by atoms with van der Waals surface area (Å²) in [6.45, 7) is 1.31. The van der Waals surface area contributed by atoms with Crippen LogP contribution in [0, 0.1) is 0 Å². The van der Waals surface area contributed by atoms with Gasteiger partial charge in [-0.1, -0.05) is 15.9 Å². The van der Waals surface area contributed by atoms with Crippen molar-refractivity contribution in [2.45, 2.75) is 17.8 Å². The third-order valence-corrected chi connectivity index (χ3v) is 2.62. The molecule has 1 aromatic heterocycles. The van der Waals surface area contributed by atoms with Gasteiger partial charge in [-0.15, -0.1) is 0 Å². The summed E-state index contributed by atoms with van der Waals surface area (Å²) in [5.41, 5.74) is 0.801. The Morgan fingerprint density at radius 2 is 2.62 bits per heavy atom. The molecule has 0 N–H and O–H groups in total. The van der Waals surface area contributed by atoms with Crippen LogP contribution >= 0.6 is 15.9 Å². The van der Waals surface area contributed by atoms with Gasteiger partial charge in [0.15, 0.2) is 6.39 Å². The van der Waals surface area contributed by atoms with Crippen molar-refractivity contribution < 1.29 is 9.21 Å². The molecule has 0 radical (unpaired) electrons. The number of aromatic nitrogens is 1. The van der Waals surface area contributed by atoms with Gasteiger partial charge in [-0.05, 0) is 0 Å². The molecule has 1 aliphatic heterocycles. The number of oxazole rings is 1. The Balaban J connectivity index is 1.99. The average molecular weight is 245 g/mol. The molecule has 1 unspecified atom stereocenters. The van der Waals surface area contributed by atoms with Crippen molar-refractivity contribution in [3.63, 3.8) is 0 Å². The van der Waals surface area contributed by atoms with Crippen LogP contribution in [-0.2, 0) is 11.3 Å². The van der Waals surface area contributed by atoms with E-state index in [1.165, 1.54) is 6.39 Å². The third-order valence-electron chi connectivity index (χ3n) is 2.00. The van der Waals surface area contributed by atoms with Gasteiger partial charge in [0.05, 0.1) is 12.2 Å². The Bertz CT molecular complexity index is 299. The maximum absolute atomic E-state index is 11.3. The molecule has 0 saturated carbocycles. The van der Waals surface area contributed by atoms with E-state index >= 15 is 0 Å². The highest BCUT2D eigenvalue weighted by molar-refractivity contribution is 9.09. The van der Waals surface area contributed by atoms with Crippen LogP contribution in [0.3, 0.4) is 0 Å². The van der Waals surface area contributed by atoms with E-state index in [-0.39, 0.29) is 10.7 Å².